The Bertz CT molecular complexity index is 358. The molecule has 0 spiro atoms. The van der Waals surface area contributed by atoms with Crippen LogP contribution in [-0.2, 0) is 4.79 Å². The van der Waals surface area contributed by atoms with Gasteiger partial charge in [0, 0.05) is 25.9 Å². The molecule has 0 saturated carbocycles. The number of hydrogen-bond acceptors (Lipinski definition) is 3. The second kappa shape index (κ2) is 6.11. The molecular formula is C11H16N2O4. The van der Waals surface area contributed by atoms with Crippen molar-refractivity contribution >= 4 is 12.0 Å². The summed E-state index contributed by atoms with van der Waals surface area (Å²) >= 11 is 0. The van der Waals surface area contributed by atoms with E-state index in [1.807, 2.05) is 0 Å². The van der Waals surface area contributed by atoms with Gasteiger partial charge in [0.2, 0.25) is 0 Å². The molecule has 1 saturated heterocycles. The molecule has 0 aromatic rings. The number of carboxylic acid groups (broad SMARTS) is 1. The molecule has 2 atom stereocenters. The molecule has 0 aromatic carbocycles. The number of amides is 2. The summed E-state index contributed by atoms with van der Waals surface area (Å²) in [4.78, 5) is 23.7. The number of carboxylic acids is 1. The molecule has 0 aromatic heterocycles. The standard InChI is InChI=1S/C11H16N2O4/c1-2-3-4-5-12-11(17)13-7-8(14)6-9(13)10(15)16/h8-9,14H,4-7H2,1H3,(H,12,17)(H,15,16)/t8-,9+/m1/s1. The highest BCUT2D eigenvalue weighted by atomic mass is 16.4. The zero-order valence-electron chi connectivity index (χ0n) is 9.64. The number of likely N-dealkylation sites (tertiary alicyclic amines) is 1. The molecule has 6 heteroatoms. The smallest absolute Gasteiger partial charge is 0.326 e. The van der Waals surface area contributed by atoms with E-state index in [1.165, 1.54) is 0 Å². The van der Waals surface area contributed by atoms with Crippen LogP contribution in [0.1, 0.15) is 19.8 Å². The lowest BCUT2D eigenvalue weighted by atomic mass is 10.2. The minimum absolute atomic E-state index is 0.0578. The van der Waals surface area contributed by atoms with Crippen LogP contribution in [0, 0.1) is 11.8 Å². The van der Waals surface area contributed by atoms with Crippen LogP contribution in [0.4, 0.5) is 4.79 Å². The zero-order valence-corrected chi connectivity index (χ0v) is 9.64. The van der Waals surface area contributed by atoms with E-state index in [9.17, 15) is 14.7 Å². The lowest BCUT2D eigenvalue weighted by molar-refractivity contribution is -0.141. The summed E-state index contributed by atoms with van der Waals surface area (Å²) in [5.74, 6) is 4.39. The number of nitrogens with one attached hydrogen (secondary N) is 1. The molecule has 1 aliphatic heterocycles. The molecule has 0 radical (unpaired) electrons. The van der Waals surface area contributed by atoms with Gasteiger partial charge in [-0.2, -0.15) is 0 Å². The summed E-state index contributed by atoms with van der Waals surface area (Å²) in [6.45, 7) is 2.14. The Kier molecular flexibility index (Phi) is 4.79. The summed E-state index contributed by atoms with van der Waals surface area (Å²) in [5.41, 5.74) is 0. The van der Waals surface area contributed by atoms with E-state index in [0.29, 0.717) is 13.0 Å². The molecule has 3 N–H and O–H groups in total. The Morgan fingerprint density at radius 3 is 2.82 bits per heavy atom. The van der Waals surface area contributed by atoms with E-state index < -0.39 is 24.1 Å². The molecule has 0 bridgehead atoms. The Morgan fingerprint density at radius 1 is 1.53 bits per heavy atom. The van der Waals surface area contributed by atoms with Crippen LogP contribution in [-0.4, -0.2) is 52.3 Å². The van der Waals surface area contributed by atoms with Gasteiger partial charge >= 0.3 is 12.0 Å². The van der Waals surface area contributed by atoms with E-state index in [0.717, 1.165) is 4.90 Å². The molecule has 2 amide bonds. The van der Waals surface area contributed by atoms with Gasteiger partial charge in [0.1, 0.15) is 6.04 Å². The number of β-amino-alcohol motifs (C(OH)–C–C–N with tert-alkyl or cyclic N) is 1. The second-order valence-corrected chi connectivity index (χ2v) is 3.80. The van der Waals surface area contributed by atoms with Crippen molar-refractivity contribution in [3.63, 3.8) is 0 Å². The van der Waals surface area contributed by atoms with Gasteiger partial charge < -0.3 is 20.4 Å². The maximum Gasteiger partial charge on any atom is 0.326 e. The SMILES string of the molecule is CC#CCCNC(=O)N1C[C@H](O)C[C@H]1C(=O)O. The van der Waals surface area contributed by atoms with Gasteiger partial charge in [0.25, 0.3) is 0 Å². The molecule has 1 aliphatic rings. The summed E-state index contributed by atoms with van der Waals surface area (Å²) in [5, 5.41) is 20.8. The van der Waals surface area contributed by atoms with E-state index in [-0.39, 0.29) is 13.0 Å². The van der Waals surface area contributed by atoms with Crippen molar-refractivity contribution in [2.75, 3.05) is 13.1 Å². The van der Waals surface area contributed by atoms with Crippen LogP contribution in [0.5, 0.6) is 0 Å². The average molecular weight is 240 g/mol. The van der Waals surface area contributed by atoms with Crippen molar-refractivity contribution in [1.82, 2.24) is 10.2 Å². The highest BCUT2D eigenvalue weighted by molar-refractivity contribution is 5.83. The van der Waals surface area contributed by atoms with Gasteiger partial charge in [-0.25, -0.2) is 9.59 Å². The van der Waals surface area contributed by atoms with E-state index in [2.05, 4.69) is 17.2 Å². The van der Waals surface area contributed by atoms with Gasteiger partial charge in [-0.1, -0.05) is 0 Å². The van der Waals surface area contributed by atoms with E-state index in [1.54, 1.807) is 6.92 Å². The summed E-state index contributed by atoms with van der Waals surface area (Å²) in [6.07, 6.45) is -0.161. The summed E-state index contributed by atoms with van der Waals surface area (Å²) < 4.78 is 0. The van der Waals surface area contributed by atoms with E-state index in [4.69, 9.17) is 5.11 Å². The number of rotatable bonds is 3. The molecule has 6 nitrogen and oxygen atoms in total. The largest absolute Gasteiger partial charge is 0.480 e. The molecule has 1 fully saturated rings. The first-order valence-electron chi connectivity index (χ1n) is 5.41. The quantitative estimate of drug-likeness (QED) is 0.464. The second-order valence-electron chi connectivity index (χ2n) is 3.80. The topological polar surface area (TPSA) is 89.9 Å². The first-order valence-corrected chi connectivity index (χ1v) is 5.41. The summed E-state index contributed by atoms with van der Waals surface area (Å²) in [6, 6.07) is -1.41. The molecule has 1 heterocycles. The molecule has 94 valence electrons. The summed E-state index contributed by atoms with van der Waals surface area (Å²) in [7, 11) is 0. The lowest BCUT2D eigenvalue weighted by Gasteiger charge is -2.21. The zero-order chi connectivity index (χ0) is 12.8. The van der Waals surface area contributed by atoms with Crippen LogP contribution >= 0.6 is 0 Å². The molecular weight excluding hydrogens is 224 g/mol. The van der Waals surface area contributed by atoms with Gasteiger partial charge in [0.15, 0.2) is 0 Å². The van der Waals surface area contributed by atoms with Gasteiger partial charge in [0.05, 0.1) is 6.10 Å². The number of carbonyl (C=O) groups is 2. The van der Waals surface area contributed by atoms with Crippen molar-refractivity contribution in [3.05, 3.63) is 0 Å². The first-order chi connectivity index (χ1) is 8.06. The lowest BCUT2D eigenvalue weighted by Crippen LogP contribution is -2.46. The number of aliphatic hydroxyl groups excluding tert-OH is 1. The predicted molar refractivity (Wildman–Crippen MR) is 60.2 cm³/mol. The minimum atomic E-state index is -1.09. The van der Waals surface area contributed by atoms with Crippen molar-refractivity contribution in [2.24, 2.45) is 0 Å². The van der Waals surface area contributed by atoms with E-state index >= 15 is 0 Å². The van der Waals surface area contributed by atoms with Crippen LogP contribution in [0.25, 0.3) is 0 Å². The Morgan fingerprint density at radius 2 is 2.24 bits per heavy atom. The fraction of sp³-hybridized carbons (Fsp3) is 0.636. The van der Waals surface area contributed by atoms with Crippen LogP contribution < -0.4 is 5.32 Å². The number of carbonyl (C=O) groups excluding carboxylic acids is 1. The highest BCUT2D eigenvalue weighted by Gasteiger charge is 2.38. The molecule has 1 rings (SSSR count). The third-order valence-corrected chi connectivity index (χ3v) is 2.53. The maximum absolute atomic E-state index is 11.7. The predicted octanol–water partition coefficient (Wildman–Crippen LogP) is -0.371. The van der Waals surface area contributed by atoms with Crippen molar-refractivity contribution in [2.45, 2.75) is 31.9 Å². The number of nitrogens with zero attached hydrogens (tertiary/aromatic N) is 1. The number of aliphatic carboxylic acids is 1. The van der Waals surface area contributed by atoms with Crippen LogP contribution in [0.2, 0.25) is 0 Å². The first kappa shape index (κ1) is 13.3. The Balaban J connectivity index is 2.48. The molecule has 0 aliphatic carbocycles. The van der Waals surface area contributed by atoms with Crippen molar-refractivity contribution < 1.29 is 19.8 Å². The minimum Gasteiger partial charge on any atom is -0.480 e. The van der Waals surface area contributed by atoms with Crippen molar-refractivity contribution in [3.8, 4) is 11.8 Å². The number of urea groups is 1. The fourth-order valence-electron chi connectivity index (χ4n) is 1.73. The van der Waals surface area contributed by atoms with Crippen LogP contribution in [0.3, 0.4) is 0 Å². The third-order valence-electron chi connectivity index (χ3n) is 2.53. The highest BCUT2D eigenvalue weighted by Crippen LogP contribution is 2.17. The third kappa shape index (κ3) is 3.64. The average Bonchev–Trinajstić information content (AvgIpc) is 2.66. The van der Waals surface area contributed by atoms with Gasteiger partial charge in [-0.3, -0.25) is 0 Å². The Hall–Kier alpha value is -1.74. The fourth-order valence-corrected chi connectivity index (χ4v) is 1.73. The molecule has 17 heavy (non-hydrogen) atoms. The van der Waals surface area contributed by atoms with Gasteiger partial charge in [-0.15, -0.1) is 11.8 Å². The monoisotopic (exact) mass is 240 g/mol. The molecule has 0 unspecified atom stereocenters. The number of aliphatic hydroxyl groups is 1. The van der Waals surface area contributed by atoms with Crippen LogP contribution in [0.15, 0.2) is 0 Å². The van der Waals surface area contributed by atoms with Crippen molar-refractivity contribution in [1.29, 1.82) is 0 Å². The Labute approximate surface area is 99.6 Å². The normalized spacial score (nSPS) is 22.8. The number of hydrogen-bond donors (Lipinski definition) is 3. The van der Waals surface area contributed by atoms with Gasteiger partial charge in [-0.05, 0) is 6.92 Å². The maximum atomic E-state index is 11.7.